The molecule has 0 saturated heterocycles. The van der Waals surface area contributed by atoms with Crippen molar-refractivity contribution in [2.24, 2.45) is 11.1 Å². The Labute approximate surface area is 80.9 Å². The number of nitrogens with one attached hydrogen (secondary N) is 1. The minimum absolute atomic E-state index is 0.00806. The van der Waals surface area contributed by atoms with E-state index in [1.807, 2.05) is 0 Å². The van der Waals surface area contributed by atoms with Crippen LogP contribution in [-0.2, 0) is 0 Å². The fraction of sp³-hybridized carbons (Fsp3) is 0.500. The summed E-state index contributed by atoms with van der Waals surface area (Å²) >= 11 is 0. The molecule has 0 saturated carbocycles. The van der Waals surface area contributed by atoms with Gasteiger partial charge in [0.2, 0.25) is 17.4 Å². The van der Waals surface area contributed by atoms with Gasteiger partial charge in [-0.3, -0.25) is 14.7 Å². The molecule has 0 fully saturated rings. The number of carbonyl (C=O) groups is 2. The molecule has 0 atom stereocenters. The molecule has 0 unspecified atom stereocenters. The summed E-state index contributed by atoms with van der Waals surface area (Å²) in [4.78, 5) is 26.0. The first-order chi connectivity index (χ1) is 6.32. The van der Waals surface area contributed by atoms with E-state index >= 15 is 0 Å². The molecule has 6 heteroatoms. The third-order valence-corrected chi connectivity index (χ3v) is 1.60. The summed E-state index contributed by atoms with van der Waals surface area (Å²) in [5.74, 6) is -1.07. The predicted molar refractivity (Wildman–Crippen MR) is 48.7 cm³/mol. The van der Waals surface area contributed by atoms with E-state index in [0.717, 1.165) is 0 Å². The van der Waals surface area contributed by atoms with E-state index in [-0.39, 0.29) is 17.4 Å². The molecular formula is C8H12N4O2. The van der Waals surface area contributed by atoms with Crippen molar-refractivity contribution in [3.63, 3.8) is 0 Å². The highest BCUT2D eigenvalue weighted by molar-refractivity contribution is 5.97. The molecule has 1 aromatic heterocycles. The van der Waals surface area contributed by atoms with Gasteiger partial charge in [0.05, 0.1) is 0 Å². The Kier molecular flexibility index (Phi) is 2.37. The number of rotatable bonds is 2. The van der Waals surface area contributed by atoms with Crippen LogP contribution in [0.1, 0.15) is 42.0 Å². The lowest BCUT2D eigenvalue weighted by Gasteiger charge is -2.12. The molecule has 0 aliphatic carbocycles. The van der Waals surface area contributed by atoms with Gasteiger partial charge in [-0.2, -0.15) is 4.98 Å². The van der Waals surface area contributed by atoms with E-state index in [9.17, 15) is 9.59 Å². The van der Waals surface area contributed by atoms with Crippen molar-refractivity contribution in [3.05, 3.63) is 11.6 Å². The molecule has 6 nitrogen and oxygen atoms in total. The molecule has 1 amide bonds. The smallest absolute Gasteiger partial charge is 0.286 e. The van der Waals surface area contributed by atoms with Gasteiger partial charge in [0.1, 0.15) is 0 Å². The number of Topliss-reactive ketones (excluding diaryl/α,β-unsaturated/α-hetero) is 1. The zero-order valence-electron chi connectivity index (χ0n) is 8.29. The highest BCUT2D eigenvalue weighted by Crippen LogP contribution is 2.18. The quantitative estimate of drug-likeness (QED) is 0.656. The normalized spacial score (nSPS) is 11.4. The third-order valence-electron chi connectivity index (χ3n) is 1.60. The van der Waals surface area contributed by atoms with Crippen LogP contribution in [-0.4, -0.2) is 26.9 Å². The van der Waals surface area contributed by atoms with Crippen LogP contribution in [0.2, 0.25) is 0 Å². The predicted octanol–water partition coefficient (Wildman–Crippen LogP) is 0.132. The molecule has 1 aromatic rings. The van der Waals surface area contributed by atoms with Crippen LogP contribution in [0, 0.1) is 5.41 Å². The summed E-state index contributed by atoms with van der Waals surface area (Å²) in [6.07, 6.45) is 0. The highest BCUT2D eigenvalue weighted by Gasteiger charge is 2.27. The summed E-state index contributed by atoms with van der Waals surface area (Å²) in [6, 6.07) is 0. The number of nitrogens with two attached hydrogens (primary N) is 1. The molecule has 14 heavy (non-hydrogen) atoms. The first-order valence-corrected chi connectivity index (χ1v) is 4.09. The molecule has 0 aliphatic heterocycles. The molecule has 1 rings (SSSR count). The summed E-state index contributed by atoms with van der Waals surface area (Å²) in [5, 5.41) is 5.92. The summed E-state index contributed by atoms with van der Waals surface area (Å²) in [7, 11) is 0. The number of hydrogen-bond acceptors (Lipinski definition) is 4. The van der Waals surface area contributed by atoms with Crippen LogP contribution >= 0.6 is 0 Å². The average molecular weight is 196 g/mol. The van der Waals surface area contributed by atoms with Gasteiger partial charge in [-0.25, -0.2) is 0 Å². The van der Waals surface area contributed by atoms with Crippen LogP contribution in [0.15, 0.2) is 0 Å². The molecule has 0 aliphatic rings. The molecule has 0 aromatic carbocycles. The fourth-order valence-corrected chi connectivity index (χ4v) is 0.809. The zero-order valence-corrected chi connectivity index (χ0v) is 8.29. The summed E-state index contributed by atoms with van der Waals surface area (Å²) < 4.78 is 0. The Bertz CT molecular complexity index is 375. The summed E-state index contributed by atoms with van der Waals surface area (Å²) in [5.41, 5.74) is 4.38. The van der Waals surface area contributed by atoms with Crippen molar-refractivity contribution in [2.45, 2.75) is 20.8 Å². The van der Waals surface area contributed by atoms with Crippen molar-refractivity contribution in [2.75, 3.05) is 0 Å². The van der Waals surface area contributed by atoms with Crippen molar-refractivity contribution in [1.29, 1.82) is 0 Å². The van der Waals surface area contributed by atoms with E-state index in [1.54, 1.807) is 20.8 Å². The number of hydrogen-bond donors (Lipinski definition) is 2. The Morgan fingerprint density at radius 3 is 2.29 bits per heavy atom. The van der Waals surface area contributed by atoms with Gasteiger partial charge < -0.3 is 5.73 Å². The van der Waals surface area contributed by atoms with E-state index < -0.39 is 11.3 Å². The lowest BCUT2D eigenvalue weighted by molar-refractivity contribution is 0.0847. The number of carbonyl (C=O) groups excluding carboxylic acids is 2. The lowest BCUT2D eigenvalue weighted by atomic mass is 9.90. The molecule has 0 radical (unpaired) electrons. The minimum Gasteiger partial charge on any atom is -0.363 e. The second-order valence-electron chi connectivity index (χ2n) is 3.95. The van der Waals surface area contributed by atoms with E-state index in [1.165, 1.54) is 0 Å². The number of amides is 1. The summed E-state index contributed by atoms with van der Waals surface area (Å²) in [6.45, 7) is 5.24. The second kappa shape index (κ2) is 3.21. The van der Waals surface area contributed by atoms with Gasteiger partial charge in [-0.15, -0.1) is 5.10 Å². The molecule has 0 spiro atoms. The third kappa shape index (κ3) is 1.95. The van der Waals surface area contributed by atoms with Crippen molar-refractivity contribution in [1.82, 2.24) is 15.2 Å². The first-order valence-electron chi connectivity index (χ1n) is 4.09. The monoisotopic (exact) mass is 196 g/mol. The molecular weight excluding hydrogens is 184 g/mol. The van der Waals surface area contributed by atoms with Gasteiger partial charge in [0.15, 0.2) is 0 Å². The number of aromatic nitrogens is 3. The van der Waals surface area contributed by atoms with Gasteiger partial charge in [-0.05, 0) is 0 Å². The number of nitrogens with zero attached hydrogens (tertiary/aromatic N) is 2. The van der Waals surface area contributed by atoms with Crippen molar-refractivity contribution >= 4 is 11.7 Å². The van der Waals surface area contributed by atoms with Crippen LogP contribution in [0.5, 0.6) is 0 Å². The molecule has 0 bridgehead atoms. The first kappa shape index (κ1) is 10.4. The standard InChI is InChI=1S/C8H12N4O2/c1-8(2,3)4(13)6-10-7(5(9)14)12-11-6/h1-3H3,(H2,9,14)(H,10,11,12). The van der Waals surface area contributed by atoms with E-state index in [2.05, 4.69) is 15.2 Å². The lowest BCUT2D eigenvalue weighted by Crippen LogP contribution is -2.21. The Morgan fingerprint density at radius 1 is 1.36 bits per heavy atom. The molecule has 1 heterocycles. The largest absolute Gasteiger partial charge is 0.363 e. The number of primary amides is 1. The highest BCUT2D eigenvalue weighted by atomic mass is 16.1. The number of ketones is 1. The maximum absolute atomic E-state index is 11.6. The fourth-order valence-electron chi connectivity index (χ4n) is 0.809. The van der Waals surface area contributed by atoms with Crippen molar-refractivity contribution < 1.29 is 9.59 Å². The van der Waals surface area contributed by atoms with Crippen LogP contribution < -0.4 is 5.73 Å². The van der Waals surface area contributed by atoms with Gasteiger partial charge >= 0.3 is 0 Å². The van der Waals surface area contributed by atoms with Gasteiger partial charge in [0.25, 0.3) is 5.91 Å². The molecule has 76 valence electrons. The Morgan fingerprint density at radius 2 is 1.93 bits per heavy atom. The number of H-pyrrole nitrogens is 1. The van der Waals surface area contributed by atoms with E-state index in [4.69, 9.17) is 5.73 Å². The number of aromatic amines is 1. The molecule has 3 N–H and O–H groups in total. The van der Waals surface area contributed by atoms with Gasteiger partial charge in [-0.1, -0.05) is 20.8 Å². The second-order valence-corrected chi connectivity index (χ2v) is 3.95. The van der Waals surface area contributed by atoms with Crippen LogP contribution in [0.3, 0.4) is 0 Å². The average Bonchev–Trinajstić information content (AvgIpc) is 2.48. The maximum atomic E-state index is 11.6. The van der Waals surface area contributed by atoms with Gasteiger partial charge in [0, 0.05) is 5.41 Å². The van der Waals surface area contributed by atoms with Crippen molar-refractivity contribution in [3.8, 4) is 0 Å². The van der Waals surface area contributed by atoms with Crippen LogP contribution in [0.25, 0.3) is 0 Å². The minimum atomic E-state index is -0.731. The van der Waals surface area contributed by atoms with Crippen LogP contribution in [0.4, 0.5) is 0 Å². The topological polar surface area (TPSA) is 102 Å². The Hall–Kier alpha value is -1.72. The SMILES string of the molecule is CC(C)(C)C(=O)c1n[nH]c(C(N)=O)n1. The Balaban J connectivity index is 2.99. The zero-order chi connectivity index (χ0) is 10.9. The van der Waals surface area contributed by atoms with E-state index in [0.29, 0.717) is 0 Å². The maximum Gasteiger partial charge on any atom is 0.286 e.